The molecule has 0 aromatic heterocycles. The van der Waals surface area contributed by atoms with Crippen molar-refractivity contribution in [1.82, 2.24) is 9.80 Å². The van der Waals surface area contributed by atoms with E-state index in [0.717, 1.165) is 13.1 Å². The Kier molecular flexibility index (Phi) is 9.36. The number of ether oxygens (including phenoxy) is 3. The number of Topliss-reactive ketones (excluding diaryl/α,β-unsaturated/α-hetero) is 1. The molecule has 0 unspecified atom stereocenters. The standard InChI is InChI=1S/C28H36N2O6/c1-6-29(7-2)16-17-30-25(20-12-15-22(35-8-3)23(18-20)36-9-4)24(27(32)28(30)33)26(31)19-10-13-21(34-5)14-11-19/h10-15,18,25,31H,6-9,16-17H2,1-5H3/b26-24+/t25-/m1/s1. The number of benzene rings is 2. The topological polar surface area (TPSA) is 88.5 Å². The number of amides is 1. The number of aliphatic hydroxyl groups is 1. The van der Waals surface area contributed by atoms with Gasteiger partial charge in [0.25, 0.3) is 11.7 Å². The maximum atomic E-state index is 13.3. The first-order chi connectivity index (χ1) is 17.4. The number of carbonyl (C=O) groups is 2. The molecule has 1 amide bonds. The van der Waals surface area contributed by atoms with Crippen molar-refractivity contribution in [2.24, 2.45) is 0 Å². The lowest BCUT2D eigenvalue weighted by molar-refractivity contribution is -0.140. The summed E-state index contributed by atoms with van der Waals surface area (Å²) in [7, 11) is 1.55. The lowest BCUT2D eigenvalue weighted by Gasteiger charge is -2.28. The smallest absolute Gasteiger partial charge is 0.295 e. The van der Waals surface area contributed by atoms with Crippen molar-refractivity contribution in [2.45, 2.75) is 33.7 Å². The van der Waals surface area contributed by atoms with Crippen molar-refractivity contribution in [3.8, 4) is 17.2 Å². The van der Waals surface area contributed by atoms with Crippen LogP contribution in [0.5, 0.6) is 17.2 Å². The molecule has 1 heterocycles. The molecule has 1 N–H and O–H groups in total. The second-order valence-corrected chi connectivity index (χ2v) is 8.32. The first-order valence-corrected chi connectivity index (χ1v) is 12.4. The number of methoxy groups -OCH3 is 1. The first-order valence-electron chi connectivity index (χ1n) is 12.4. The van der Waals surface area contributed by atoms with Gasteiger partial charge >= 0.3 is 0 Å². The molecule has 0 bridgehead atoms. The van der Waals surface area contributed by atoms with Crippen LogP contribution in [-0.4, -0.2) is 73.1 Å². The minimum atomic E-state index is -0.766. The fraction of sp³-hybridized carbons (Fsp3) is 0.429. The number of hydrogen-bond donors (Lipinski definition) is 1. The van der Waals surface area contributed by atoms with Crippen molar-refractivity contribution >= 4 is 17.4 Å². The summed E-state index contributed by atoms with van der Waals surface area (Å²) in [5.41, 5.74) is 1.14. The molecule has 1 aliphatic rings. The van der Waals surface area contributed by atoms with Crippen LogP contribution in [-0.2, 0) is 9.59 Å². The second kappa shape index (κ2) is 12.4. The van der Waals surface area contributed by atoms with Gasteiger partial charge in [-0.25, -0.2) is 0 Å². The van der Waals surface area contributed by atoms with Crippen LogP contribution in [0.25, 0.3) is 5.76 Å². The van der Waals surface area contributed by atoms with Gasteiger partial charge in [-0.05, 0) is 68.9 Å². The van der Waals surface area contributed by atoms with E-state index in [2.05, 4.69) is 18.7 Å². The molecule has 1 aliphatic heterocycles. The first kappa shape index (κ1) is 27.1. The molecule has 3 rings (SSSR count). The highest BCUT2D eigenvalue weighted by atomic mass is 16.5. The van der Waals surface area contributed by atoms with Crippen LogP contribution < -0.4 is 14.2 Å². The molecule has 8 nitrogen and oxygen atoms in total. The normalized spacial score (nSPS) is 17.1. The third kappa shape index (κ3) is 5.65. The number of nitrogens with zero attached hydrogens (tertiary/aromatic N) is 2. The summed E-state index contributed by atoms with van der Waals surface area (Å²) < 4.78 is 16.7. The van der Waals surface area contributed by atoms with E-state index in [4.69, 9.17) is 14.2 Å². The maximum absolute atomic E-state index is 13.3. The largest absolute Gasteiger partial charge is 0.507 e. The van der Waals surface area contributed by atoms with Crippen LogP contribution in [0.3, 0.4) is 0 Å². The Labute approximate surface area is 213 Å². The van der Waals surface area contributed by atoms with Crippen molar-refractivity contribution in [3.63, 3.8) is 0 Å². The van der Waals surface area contributed by atoms with Gasteiger partial charge in [0.15, 0.2) is 11.5 Å². The Morgan fingerprint density at radius 3 is 2.17 bits per heavy atom. The molecule has 0 saturated carbocycles. The Morgan fingerprint density at radius 1 is 0.944 bits per heavy atom. The van der Waals surface area contributed by atoms with E-state index in [1.807, 2.05) is 19.9 Å². The molecule has 0 radical (unpaired) electrons. The van der Waals surface area contributed by atoms with E-state index in [-0.39, 0.29) is 11.3 Å². The van der Waals surface area contributed by atoms with Crippen molar-refractivity contribution in [1.29, 1.82) is 0 Å². The van der Waals surface area contributed by atoms with Gasteiger partial charge in [0.2, 0.25) is 0 Å². The zero-order chi connectivity index (χ0) is 26.2. The Hall–Kier alpha value is -3.52. The van der Waals surface area contributed by atoms with Gasteiger partial charge in [-0.15, -0.1) is 0 Å². The van der Waals surface area contributed by atoms with Crippen LogP contribution in [0.15, 0.2) is 48.0 Å². The molecular formula is C28H36N2O6. The summed E-state index contributed by atoms with van der Waals surface area (Å²) in [6.07, 6.45) is 0. The Balaban J connectivity index is 2.14. The van der Waals surface area contributed by atoms with Crippen LogP contribution >= 0.6 is 0 Å². The van der Waals surface area contributed by atoms with E-state index in [1.165, 1.54) is 0 Å². The SMILES string of the molecule is CCOc1ccc([C@@H]2/C(=C(\O)c3ccc(OC)cc3)C(=O)C(=O)N2CCN(CC)CC)cc1OCC. The second-order valence-electron chi connectivity index (χ2n) is 8.32. The predicted octanol–water partition coefficient (Wildman–Crippen LogP) is 4.26. The van der Waals surface area contributed by atoms with Gasteiger partial charge in [-0.3, -0.25) is 9.59 Å². The monoisotopic (exact) mass is 496 g/mol. The lowest BCUT2D eigenvalue weighted by Crippen LogP contribution is -2.38. The van der Waals surface area contributed by atoms with Gasteiger partial charge in [-0.2, -0.15) is 0 Å². The number of likely N-dealkylation sites (N-methyl/N-ethyl adjacent to an activating group) is 1. The highest BCUT2D eigenvalue weighted by Crippen LogP contribution is 2.42. The third-order valence-corrected chi connectivity index (χ3v) is 6.34. The highest BCUT2D eigenvalue weighted by Gasteiger charge is 2.46. The van der Waals surface area contributed by atoms with E-state index >= 15 is 0 Å². The van der Waals surface area contributed by atoms with Crippen molar-refractivity contribution < 1.29 is 28.9 Å². The zero-order valence-corrected chi connectivity index (χ0v) is 21.7. The average molecular weight is 497 g/mol. The lowest BCUT2D eigenvalue weighted by atomic mass is 9.95. The summed E-state index contributed by atoms with van der Waals surface area (Å²) in [5.74, 6) is 0.163. The molecular weight excluding hydrogens is 460 g/mol. The maximum Gasteiger partial charge on any atom is 0.295 e. The number of likely N-dealkylation sites (tertiary alicyclic amines) is 1. The van der Waals surface area contributed by atoms with E-state index in [1.54, 1.807) is 48.4 Å². The molecule has 1 fully saturated rings. The minimum Gasteiger partial charge on any atom is -0.507 e. The molecule has 36 heavy (non-hydrogen) atoms. The van der Waals surface area contributed by atoms with Gasteiger partial charge in [0.05, 0.1) is 31.9 Å². The molecule has 194 valence electrons. The minimum absolute atomic E-state index is 0.0522. The fourth-order valence-corrected chi connectivity index (χ4v) is 4.39. The molecule has 1 saturated heterocycles. The predicted molar refractivity (Wildman–Crippen MR) is 139 cm³/mol. The third-order valence-electron chi connectivity index (χ3n) is 6.34. The highest BCUT2D eigenvalue weighted by molar-refractivity contribution is 6.46. The molecule has 0 spiro atoms. The zero-order valence-electron chi connectivity index (χ0n) is 21.7. The average Bonchev–Trinajstić information content (AvgIpc) is 3.15. The van der Waals surface area contributed by atoms with Gasteiger partial charge in [0, 0.05) is 18.7 Å². The number of ketones is 1. The van der Waals surface area contributed by atoms with Crippen molar-refractivity contribution in [2.75, 3.05) is 46.5 Å². The number of aliphatic hydroxyl groups excluding tert-OH is 1. The fourth-order valence-electron chi connectivity index (χ4n) is 4.39. The Morgan fingerprint density at radius 2 is 1.58 bits per heavy atom. The van der Waals surface area contributed by atoms with E-state index in [0.29, 0.717) is 54.7 Å². The summed E-state index contributed by atoms with van der Waals surface area (Å²) in [6.45, 7) is 11.4. The summed E-state index contributed by atoms with van der Waals surface area (Å²) in [5, 5.41) is 11.3. The van der Waals surface area contributed by atoms with Crippen LogP contribution in [0.2, 0.25) is 0 Å². The molecule has 0 aliphatic carbocycles. The van der Waals surface area contributed by atoms with Crippen LogP contribution in [0.1, 0.15) is 44.9 Å². The summed E-state index contributed by atoms with van der Waals surface area (Å²) >= 11 is 0. The van der Waals surface area contributed by atoms with E-state index in [9.17, 15) is 14.7 Å². The van der Waals surface area contributed by atoms with Crippen LogP contribution in [0.4, 0.5) is 0 Å². The molecule has 2 aromatic rings. The van der Waals surface area contributed by atoms with Gasteiger partial charge < -0.3 is 29.1 Å². The van der Waals surface area contributed by atoms with Gasteiger partial charge in [0.1, 0.15) is 11.5 Å². The summed E-state index contributed by atoms with van der Waals surface area (Å²) in [6, 6.07) is 11.3. The Bertz CT molecular complexity index is 1090. The number of hydrogen-bond acceptors (Lipinski definition) is 7. The van der Waals surface area contributed by atoms with E-state index < -0.39 is 17.7 Å². The van der Waals surface area contributed by atoms with Crippen molar-refractivity contribution in [3.05, 3.63) is 59.2 Å². The quantitative estimate of drug-likeness (QED) is 0.267. The van der Waals surface area contributed by atoms with Crippen LogP contribution in [0, 0.1) is 0 Å². The number of rotatable bonds is 12. The molecule has 2 aromatic carbocycles. The number of carbonyl (C=O) groups excluding carboxylic acids is 2. The molecule has 1 atom stereocenters. The van der Waals surface area contributed by atoms with Gasteiger partial charge in [-0.1, -0.05) is 19.9 Å². The summed E-state index contributed by atoms with van der Waals surface area (Å²) in [4.78, 5) is 30.3. The molecule has 8 heteroatoms.